The number of aliphatic hydroxyl groups is 1. The first-order valence-corrected chi connectivity index (χ1v) is 6.50. The number of rotatable bonds is 2. The van der Waals surface area contributed by atoms with Crippen LogP contribution in [0.3, 0.4) is 0 Å². The Hall–Kier alpha value is -2.16. The number of nitrogens with zero attached hydrogens (tertiary/aromatic N) is 1. The minimum atomic E-state index is -0.253. The van der Waals surface area contributed by atoms with Gasteiger partial charge in [0.15, 0.2) is 5.13 Å². The van der Waals surface area contributed by atoms with Crippen LogP contribution < -0.4 is 5.32 Å². The quantitative estimate of drug-likeness (QED) is 0.822. The fraction of sp³-hybridized carbons (Fsp3) is 0.143. The molecule has 1 aromatic heterocycles. The van der Waals surface area contributed by atoms with Gasteiger partial charge in [-0.25, -0.2) is 4.98 Å². The third-order valence-electron chi connectivity index (χ3n) is 2.37. The number of carbonyl (C=O) groups is 1. The van der Waals surface area contributed by atoms with Gasteiger partial charge in [-0.3, -0.25) is 10.1 Å². The van der Waals surface area contributed by atoms with E-state index in [-0.39, 0.29) is 12.5 Å². The topological polar surface area (TPSA) is 62.2 Å². The van der Waals surface area contributed by atoms with Crippen LogP contribution in [0.4, 0.5) is 5.13 Å². The average Bonchev–Trinajstić information content (AvgIpc) is 2.89. The summed E-state index contributed by atoms with van der Waals surface area (Å²) >= 11 is 1.35. The Morgan fingerprint density at radius 3 is 3.05 bits per heavy atom. The maximum absolute atomic E-state index is 12.1. The van der Waals surface area contributed by atoms with E-state index < -0.39 is 0 Å². The molecule has 1 aromatic carbocycles. The number of amides is 1. The van der Waals surface area contributed by atoms with Gasteiger partial charge in [0.25, 0.3) is 5.91 Å². The van der Waals surface area contributed by atoms with Gasteiger partial charge in [-0.05, 0) is 24.6 Å². The van der Waals surface area contributed by atoms with Crippen molar-refractivity contribution in [3.63, 3.8) is 0 Å². The Morgan fingerprint density at radius 1 is 1.53 bits per heavy atom. The zero-order valence-electron chi connectivity index (χ0n) is 10.3. The highest BCUT2D eigenvalue weighted by atomic mass is 32.1. The number of aromatic nitrogens is 1. The number of anilines is 1. The highest BCUT2D eigenvalue weighted by molar-refractivity contribution is 7.13. The second-order valence-corrected chi connectivity index (χ2v) is 4.69. The van der Waals surface area contributed by atoms with E-state index in [0.29, 0.717) is 16.3 Å². The number of aryl methyl sites for hydroxylation is 1. The summed E-state index contributed by atoms with van der Waals surface area (Å²) in [6.07, 6.45) is 1.63. The van der Waals surface area contributed by atoms with Crippen molar-refractivity contribution >= 4 is 22.4 Å². The summed E-state index contributed by atoms with van der Waals surface area (Å²) in [5.41, 5.74) is 2.08. The molecule has 0 bridgehead atoms. The molecule has 0 fully saturated rings. The minimum absolute atomic E-state index is 0.235. The number of aliphatic hydroxyl groups excluding tert-OH is 1. The molecule has 1 heterocycles. The Kier molecular flexibility index (Phi) is 4.29. The van der Waals surface area contributed by atoms with Crippen molar-refractivity contribution in [3.8, 4) is 11.8 Å². The predicted octanol–water partition coefficient (Wildman–Crippen LogP) is 2.05. The van der Waals surface area contributed by atoms with Crippen molar-refractivity contribution in [2.24, 2.45) is 0 Å². The van der Waals surface area contributed by atoms with Crippen LogP contribution in [0.15, 0.2) is 29.8 Å². The molecule has 0 aliphatic rings. The molecule has 5 heteroatoms. The molecular weight excluding hydrogens is 260 g/mol. The van der Waals surface area contributed by atoms with Crippen LogP contribution in [0.1, 0.15) is 21.5 Å². The summed E-state index contributed by atoms with van der Waals surface area (Å²) in [7, 11) is 0. The number of carbonyl (C=O) groups excluding carboxylic acids is 1. The Morgan fingerprint density at radius 2 is 2.37 bits per heavy atom. The summed E-state index contributed by atoms with van der Waals surface area (Å²) in [4.78, 5) is 16.1. The lowest BCUT2D eigenvalue weighted by Gasteiger charge is -2.05. The van der Waals surface area contributed by atoms with Crippen LogP contribution in [-0.4, -0.2) is 22.6 Å². The molecule has 2 aromatic rings. The minimum Gasteiger partial charge on any atom is -0.384 e. The van der Waals surface area contributed by atoms with Crippen LogP contribution in [0.25, 0.3) is 0 Å². The van der Waals surface area contributed by atoms with E-state index in [9.17, 15) is 4.79 Å². The van der Waals surface area contributed by atoms with E-state index in [1.54, 1.807) is 17.6 Å². The highest BCUT2D eigenvalue weighted by Gasteiger charge is 2.11. The van der Waals surface area contributed by atoms with E-state index in [1.165, 1.54) is 11.3 Å². The van der Waals surface area contributed by atoms with Crippen molar-refractivity contribution in [3.05, 3.63) is 46.5 Å². The molecule has 19 heavy (non-hydrogen) atoms. The Labute approximate surface area is 115 Å². The zero-order chi connectivity index (χ0) is 13.7. The number of nitrogens with one attached hydrogen (secondary N) is 1. The van der Waals surface area contributed by atoms with Gasteiger partial charge < -0.3 is 5.11 Å². The molecule has 1 amide bonds. The lowest BCUT2D eigenvalue weighted by molar-refractivity contribution is 0.102. The van der Waals surface area contributed by atoms with E-state index in [0.717, 1.165) is 5.56 Å². The molecule has 0 atom stereocenters. The fourth-order valence-corrected chi connectivity index (χ4v) is 2.07. The molecule has 0 aliphatic heterocycles. The van der Waals surface area contributed by atoms with E-state index in [2.05, 4.69) is 22.1 Å². The Bertz CT molecular complexity index is 639. The maximum atomic E-state index is 12.1. The van der Waals surface area contributed by atoms with Crippen LogP contribution in [-0.2, 0) is 0 Å². The SMILES string of the molecule is Cc1ccc(C(=O)Nc2nccs2)c(C#CCO)c1. The molecule has 2 N–H and O–H groups in total. The predicted molar refractivity (Wildman–Crippen MR) is 75.2 cm³/mol. The lowest BCUT2D eigenvalue weighted by Crippen LogP contribution is -2.13. The summed E-state index contributed by atoms with van der Waals surface area (Å²) in [6.45, 7) is 1.69. The third kappa shape index (κ3) is 3.41. The van der Waals surface area contributed by atoms with Gasteiger partial charge in [0.1, 0.15) is 6.61 Å². The average molecular weight is 272 g/mol. The van der Waals surface area contributed by atoms with Crippen LogP contribution in [0.5, 0.6) is 0 Å². The highest BCUT2D eigenvalue weighted by Crippen LogP contribution is 2.15. The molecule has 0 saturated heterocycles. The molecule has 4 nitrogen and oxygen atoms in total. The zero-order valence-corrected chi connectivity index (χ0v) is 11.1. The molecular formula is C14H12N2O2S. The summed E-state index contributed by atoms with van der Waals surface area (Å²) < 4.78 is 0. The smallest absolute Gasteiger partial charge is 0.258 e. The standard InChI is InChI=1S/C14H12N2O2S/c1-10-4-5-12(11(9-10)3-2-7-17)13(18)16-14-15-6-8-19-14/h4-6,8-9,17H,7H2,1H3,(H,15,16,18). The second-order valence-electron chi connectivity index (χ2n) is 3.80. The van der Waals surface area contributed by atoms with Gasteiger partial charge in [0.2, 0.25) is 0 Å². The van der Waals surface area contributed by atoms with Crippen LogP contribution in [0.2, 0.25) is 0 Å². The van der Waals surface area contributed by atoms with E-state index in [1.807, 2.05) is 19.1 Å². The van der Waals surface area contributed by atoms with Gasteiger partial charge in [-0.15, -0.1) is 11.3 Å². The van der Waals surface area contributed by atoms with E-state index in [4.69, 9.17) is 5.11 Å². The molecule has 2 rings (SSSR count). The molecule has 0 saturated carbocycles. The largest absolute Gasteiger partial charge is 0.384 e. The summed E-state index contributed by atoms with van der Waals surface area (Å²) in [5, 5.41) is 13.8. The van der Waals surface area contributed by atoms with Gasteiger partial charge in [-0.2, -0.15) is 0 Å². The first kappa shape index (κ1) is 13.3. The maximum Gasteiger partial charge on any atom is 0.258 e. The van der Waals surface area contributed by atoms with Crippen molar-refractivity contribution < 1.29 is 9.90 Å². The van der Waals surface area contributed by atoms with Crippen LogP contribution in [0, 0.1) is 18.8 Å². The molecule has 0 aliphatic carbocycles. The monoisotopic (exact) mass is 272 g/mol. The summed E-state index contributed by atoms with van der Waals surface area (Å²) in [6, 6.07) is 5.39. The van der Waals surface area contributed by atoms with E-state index >= 15 is 0 Å². The molecule has 96 valence electrons. The van der Waals surface area contributed by atoms with Crippen molar-refractivity contribution in [2.45, 2.75) is 6.92 Å². The fourth-order valence-electron chi connectivity index (χ4n) is 1.54. The molecule has 0 spiro atoms. The molecule has 0 radical (unpaired) electrons. The van der Waals surface area contributed by atoms with Gasteiger partial charge >= 0.3 is 0 Å². The normalized spacial score (nSPS) is 9.58. The van der Waals surface area contributed by atoms with Crippen molar-refractivity contribution in [2.75, 3.05) is 11.9 Å². The number of hydrogen-bond acceptors (Lipinski definition) is 4. The number of benzene rings is 1. The number of hydrogen-bond donors (Lipinski definition) is 2. The van der Waals surface area contributed by atoms with Gasteiger partial charge in [-0.1, -0.05) is 17.9 Å². The number of thiazole rings is 1. The molecule has 0 unspecified atom stereocenters. The second kappa shape index (κ2) is 6.14. The van der Waals surface area contributed by atoms with Crippen LogP contribution >= 0.6 is 11.3 Å². The third-order valence-corrected chi connectivity index (χ3v) is 3.06. The first-order valence-electron chi connectivity index (χ1n) is 5.62. The van der Waals surface area contributed by atoms with Gasteiger partial charge in [0.05, 0.1) is 5.56 Å². The first-order chi connectivity index (χ1) is 9.20. The Balaban J connectivity index is 2.30. The summed E-state index contributed by atoms with van der Waals surface area (Å²) in [5.74, 6) is 5.09. The van der Waals surface area contributed by atoms with Gasteiger partial charge in [0, 0.05) is 17.1 Å². The lowest BCUT2D eigenvalue weighted by atomic mass is 10.0. The van der Waals surface area contributed by atoms with Crippen molar-refractivity contribution in [1.82, 2.24) is 4.98 Å². The van der Waals surface area contributed by atoms with Crippen molar-refractivity contribution in [1.29, 1.82) is 0 Å².